The van der Waals surface area contributed by atoms with Crippen molar-refractivity contribution in [1.82, 2.24) is 24.5 Å². The summed E-state index contributed by atoms with van der Waals surface area (Å²) in [4.78, 5) is 17.5. The summed E-state index contributed by atoms with van der Waals surface area (Å²) >= 11 is 0. The molecule has 0 fully saturated rings. The van der Waals surface area contributed by atoms with Gasteiger partial charge in [0.25, 0.3) is 5.91 Å². The number of sulfone groups is 1. The van der Waals surface area contributed by atoms with Crippen LogP contribution in [0.4, 0.5) is 13.2 Å². The third kappa shape index (κ3) is 5.53. The molecule has 0 aliphatic rings. The van der Waals surface area contributed by atoms with Gasteiger partial charge in [-0.25, -0.2) is 13.4 Å². The number of carbonyl (C=O) groups is 1. The van der Waals surface area contributed by atoms with E-state index in [2.05, 4.69) is 15.4 Å². The molecule has 0 aliphatic carbocycles. The molecule has 1 amide bonds. The second-order valence-electron chi connectivity index (χ2n) is 8.56. The van der Waals surface area contributed by atoms with E-state index in [1.54, 1.807) is 41.8 Å². The Balaban J connectivity index is 1.54. The molecule has 0 spiro atoms. The molecule has 1 aromatic carbocycles. The molecule has 3 heterocycles. The zero-order valence-electron chi connectivity index (χ0n) is 20.5. The maximum atomic E-state index is 13.4. The molecule has 0 atom stereocenters. The first-order valence-electron chi connectivity index (χ1n) is 11.6. The lowest BCUT2D eigenvalue weighted by atomic mass is 10.2. The van der Waals surface area contributed by atoms with Gasteiger partial charge in [-0.1, -0.05) is 26.0 Å². The van der Waals surface area contributed by atoms with Crippen molar-refractivity contribution in [3.05, 3.63) is 82.6 Å². The van der Waals surface area contributed by atoms with Crippen LogP contribution in [0, 0.1) is 6.92 Å². The Morgan fingerprint density at radius 2 is 1.78 bits per heavy atom. The number of aryl methyl sites for hydroxylation is 2. The molecule has 4 aromatic rings. The minimum Gasteiger partial charge on any atom is -0.348 e. The summed E-state index contributed by atoms with van der Waals surface area (Å²) in [5.41, 5.74) is 2.09. The fourth-order valence-electron chi connectivity index (χ4n) is 4.09. The van der Waals surface area contributed by atoms with E-state index < -0.39 is 21.7 Å². The van der Waals surface area contributed by atoms with Crippen molar-refractivity contribution < 1.29 is 26.4 Å². The smallest absolute Gasteiger partial charge is 0.348 e. The molecule has 4 rings (SSSR count). The first-order chi connectivity index (χ1) is 17.4. The lowest BCUT2D eigenvalue weighted by Gasteiger charge is -2.10. The standard InChI is InChI=1S/C25H26F3N5O3S/c1-4-21-20(15-33-22(25(26,27)28)12-16(3)31-33)30-23-13-18(10-11-32(21)23)24(34)29-14-17-6-8-19(9-7-17)37(35,36)5-2/h6-13H,4-5,14-15H2,1-3H3,(H,29,34). The predicted molar refractivity (Wildman–Crippen MR) is 131 cm³/mol. The van der Waals surface area contributed by atoms with Gasteiger partial charge >= 0.3 is 6.18 Å². The molecule has 196 valence electrons. The third-order valence-electron chi connectivity index (χ3n) is 6.01. The summed E-state index contributed by atoms with van der Waals surface area (Å²) in [6, 6.07) is 10.5. The van der Waals surface area contributed by atoms with E-state index >= 15 is 0 Å². The Kier molecular flexibility index (Phi) is 7.13. The van der Waals surface area contributed by atoms with Gasteiger partial charge in [0.15, 0.2) is 9.84 Å². The number of carbonyl (C=O) groups excluding carboxylic acids is 1. The van der Waals surface area contributed by atoms with Gasteiger partial charge in [0, 0.05) is 24.0 Å². The predicted octanol–water partition coefficient (Wildman–Crippen LogP) is 4.19. The number of imidazole rings is 1. The summed E-state index contributed by atoms with van der Waals surface area (Å²) in [6.45, 7) is 4.99. The van der Waals surface area contributed by atoms with Gasteiger partial charge in [-0.05, 0) is 49.2 Å². The van der Waals surface area contributed by atoms with Gasteiger partial charge in [0.05, 0.1) is 28.6 Å². The number of hydrogen-bond donors (Lipinski definition) is 1. The number of hydrogen-bond acceptors (Lipinski definition) is 5. The maximum Gasteiger partial charge on any atom is 0.433 e. The third-order valence-corrected chi connectivity index (χ3v) is 7.76. The van der Waals surface area contributed by atoms with E-state index in [1.807, 2.05) is 6.92 Å². The second kappa shape index (κ2) is 10.0. The van der Waals surface area contributed by atoms with Crippen LogP contribution in [0.1, 0.15) is 52.5 Å². The SMILES string of the molecule is CCc1c(Cn2nc(C)cc2C(F)(F)F)nc2cc(C(=O)NCc3ccc(S(=O)(=O)CC)cc3)ccn12. The van der Waals surface area contributed by atoms with Gasteiger partial charge in [0.2, 0.25) is 0 Å². The topological polar surface area (TPSA) is 98.4 Å². The van der Waals surface area contributed by atoms with Crippen molar-refractivity contribution >= 4 is 21.4 Å². The Bertz CT molecular complexity index is 1550. The van der Waals surface area contributed by atoms with Gasteiger partial charge < -0.3 is 9.72 Å². The van der Waals surface area contributed by atoms with Crippen LogP contribution in [-0.4, -0.2) is 39.2 Å². The number of fused-ring (bicyclic) bond motifs is 1. The highest BCUT2D eigenvalue weighted by Crippen LogP contribution is 2.30. The number of amides is 1. The molecule has 3 aromatic heterocycles. The highest BCUT2D eigenvalue weighted by molar-refractivity contribution is 7.91. The minimum absolute atomic E-state index is 0.00582. The Morgan fingerprint density at radius 1 is 1.08 bits per heavy atom. The minimum atomic E-state index is -4.54. The van der Waals surface area contributed by atoms with Crippen LogP contribution in [0.3, 0.4) is 0 Å². The van der Waals surface area contributed by atoms with Crippen LogP contribution in [0.5, 0.6) is 0 Å². The van der Waals surface area contributed by atoms with Crippen LogP contribution in [-0.2, 0) is 35.5 Å². The van der Waals surface area contributed by atoms with E-state index in [1.165, 1.54) is 19.1 Å². The molecule has 8 nitrogen and oxygen atoms in total. The fraction of sp³-hybridized carbons (Fsp3) is 0.320. The zero-order valence-corrected chi connectivity index (χ0v) is 21.3. The normalized spacial score (nSPS) is 12.3. The second-order valence-corrected chi connectivity index (χ2v) is 10.8. The number of nitrogens with zero attached hydrogens (tertiary/aromatic N) is 4. The number of aromatic nitrogens is 4. The summed E-state index contributed by atoms with van der Waals surface area (Å²) in [5.74, 6) is -0.358. The molecule has 0 bridgehead atoms. The van der Waals surface area contributed by atoms with E-state index in [4.69, 9.17) is 0 Å². The molecule has 0 saturated carbocycles. The lowest BCUT2D eigenvalue weighted by Crippen LogP contribution is -2.23. The summed E-state index contributed by atoms with van der Waals surface area (Å²) in [6.07, 6.45) is -2.35. The number of alkyl halides is 3. The number of nitrogens with one attached hydrogen (secondary N) is 1. The van der Waals surface area contributed by atoms with Gasteiger partial charge in [0.1, 0.15) is 11.3 Å². The molecule has 0 saturated heterocycles. The van der Waals surface area contributed by atoms with Crippen molar-refractivity contribution in [3.8, 4) is 0 Å². The van der Waals surface area contributed by atoms with Gasteiger partial charge in [-0.3, -0.25) is 9.48 Å². The van der Waals surface area contributed by atoms with Crippen molar-refractivity contribution in [2.45, 2.75) is 51.4 Å². The molecule has 12 heteroatoms. The average molecular weight is 534 g/mol. The molecular formula is C25H26F3N5O3S. The molecule has 0 radical (unpaired) electrons. The van der Waals surface area contributed by atoms with Gasteiger partial charge in [-0.15, -0.1) is 0 Å². The Morgan fingerprint density at radius 3 is 2.41 bits per heavy atom. The zero-order chi connectivity index (χ0) is 27.0. The first kappa shape index (κ1) is 26.4. The van der Waals surface area contributed by atoms with Crippen molar-refractivity contribution in [2.75, 3.05) is 5.75 Å². The van der Waals surface area contributed by atoms with E-state index in [0.29, 0.717) is 23.3 Å². The molecule has 37 heavy (non-hydrogen) atoms. The monoisotopic (exact) mass is 533 g/mol. The van der Waals surface area contributed by atoms with Crippen LogP contribution < -0.4 is 5.32 Å². The van der Waals surface area contributed by atoms with Crippen molar-refractivity contribution in [1.29, 1.82) is 0 Å². The summed E-state index contributed by atoms with van der Waals surface area (Å²) < 4.78 is 66.8. The highest BCUT2D eigenvalue weighted by Gasteiger charge is 2.35. The quantitative estimate of drug-likeness (QED) is 0.366. The number of pyridine rings is 1. The Labute approximate surface area is 212 Å². The Hall–Kier alpha value is -3.67. The summed E-state index contributed by atoms with van der Waals surface area (Å²) in [5, 5.41) is 6.78. The van der Waals surface area contributed by atoms with Crippen LogP contribution in [0.25, 0.3) is 5.65 Å². The fourth-order valence-corrected chi connectivity index (χ4v) is 4.97. The average Bonchev–Trinajstić information content (AvgIpc) is 3.41. The highest BCUT2D eigenvalue weighted by atomic mass is 32.2. The van der Waals surface area contributed by atoms with Crippen LogP contribution in [0.2, 0.25) is 0 Å². The van der Waals surface area contributed by atoms with Crippen molar-refractivity contribution in [2.24, 2.45) is 0 Å². The molecule has 0 aliphatic heterocycles. The first-order valence-corrected chi connectivity index (χ1v) is 13.3. The largest absolute Gasteiger partial charge is 0.433 e. The van der Waals surface area contributed by atoms with E-state index in [9.17, 15) is 26.4 Å². The number of benzene rings is 1. The molecule has 1 N–H and O–H groups in total. The molecule has 0 unspecified atom stereocenters. The maximum absolute atomic E-state index is 13.4. The van der Waals surface area contributed by atoms with E-state index in [0.717, 1.165) is 22.0 Å². The lowest BCUT2D eigenvalue weighted by molar-refractivity contribution is -0.144. The van der Waals surface area contributed by atoms with Crippen LogP contribution in [0.15, 0.2) is 53.6 Å². The van der Waals surface area contributed by atoms with Gasteiger partial charge in [-0.2, -0.15) is 18.3 Å². The van der Waals surface area contributed by atoms with Crippen LogP contribution >= 0.6 is 0 Å². The van der Waals surface area contributed by atoms with Crippen molar-refractivity contribution in [3.63, 3.8) is 0 Å². The number of halogens is 3. The van der Waals surface area contributed by atoms with E-state index in [-0.39, 0.29) is 35.3 Å². The number of rotatable bonds is 8. The molecular weight excluding hydrogens is 507 g/mol. The summed E-state index contributed by atoms with van der Waals surface area (Å²) in [7, 11) is -3.30.